The maximum atomic E-state index is 13.5. The van der Waals surface area contributed by atoms with Gasteiger partial charge in [-0.1, -0.05) is 12.1 Å². The van der Waals surface area contributed by atoms with Crippen molar-refractivity contribution in [2.75, 3.05) is 0 Å². The molecule has 0 aliphatic rings. The Labute approximate surface area is 115 Å². The van der Waals surface area contributed by atoms with Crippen LogP contribution >= 0.6 is 0 Å². The third kappa shape index (κ3) is 3.61. The SMILES string of the molecule is Cc1ccc(F)cc1CC(O)Cc1ccc(F)cc1F. The largest absolute Gasteiger partial charge is 0.392 e. The van der Waals surface area contributed by atoms with E-state index in [0.717, 1.165) is 17.7 Å². The number of rotatable bonds is 4. The lowest BCUT2D eigenvalue weighted by molar-refractivity contribution is 0.174. The van der Waals surface area contributed by atoms with Crippen molar-refractivity contribution in [2.24, 2.45) is 0 Å². The van der Waals surface area contributed by atoms with Gasteiger partial charge in [0.1, 0.15) is 17.5 Å². The van der Waals surface area contributed by atoms with Crippen molar-refractivity contribution in [3.8, 4) is 0 Å². The van der Waals surface area contributed by atoms with Crippen molar-refractivity contribution in [3.63, 3.8) is 0 Å². The van der Waals surface area contributed by atoms with Crippen LogP contribution in [-0.2, 0) is 12.8 Å². The molecule has 0 fully saturated rings. The van der Waals surface area contributed by atoms with E-state index >= 15 is 0 Å². The molecule has 0 radical (unpaired) electrons. The number of aliphatic hydroxyl groups is 1. The van der Waals surface area contributed by atoms with Crippen LogP contribution in [0.2, 0.25) is 0 Å². The Morgan fingerprint density at radius 3 is 2.20 bits per heavy atom. The van der Waals surface area contributed by atoms with Crippen LogP contribution in [0.5, 0.6) is 0 Å². The van der Waals surface area contributed by atoms with Gasteiger partial charge in [-0.15, -0.1) is 0 Å². The molecule has 0 heterocycles. The third-order valence-corrected chi connectivity index (χ3v) is 3.24. The van der Waals surface area contributed by atoms with Gasteiger partial charge in [-0.05, 0) is 48.2 Å². The molecule has 0 bridgehead atoms. The van der Waals surface area contributed by atoms with Crippen LogP contribution in [0.4, 0.5) is 13.2 Å². The minimum absolute atomic E-state index is 0.0576. The summed E-state index contributed by atoms with van der Waals surface area (Å²) in [4.78, 5) is 0. The summed E-state index contributed by atoms with van der Waals surface area (Å²) in [5.74, 6) is -1.70. The van der Waals surface area contributed by atoms with Gasteiger partial charge in [0.05, 0.1) is 6.10 Å². The molecule has 2 aromatic carbocycles. The van der Waals surface area contributed by atoms with E-state index in [-0.39, 0.29) is 24.2 Å². The Morgan fingerprint density at radius 1 is 0.900 bits per heavy atom. The highest BCUT2D eigenvalue weighted by molar-refractivity contribution is 5.28. The van der Waals surface area contributed by atoms with Crippen LogP contribution in [0.25, 0.3) is 0 Å². The van der Waals surface area contributed by atoms with Gasteiger partial charge in [-0.3, -0.25) is 0 Å². The van der Waals surface area contributed by atoms with Gasteiger partial charge in [0.25, 0.3) is 0 Å². The summed E-state index contributed by atoms with van der Waals surface area (Å²) in [5, 5.41) is 9.98. The first-order chi connectivity index (χ1) is 9.45. The number of halogens is 3. The fraction of sp³-hybridized carbons (Fsp3) is 0.250. The molecule has 0 aliphatic heterocycles. The number of aliphatic hydroxyl groups excluding tert-OH is 1. The number of hydrogen-bond donors (Lipinski definition) is 1. The lowest BCUT2D eigenvalue weighted by atomic mass is 9.98. The van der Waals surface area contributed by atoms with E-state index in [1.54, 1.807) is 6.07 Å². The van der Waals surface area contributed by atoms with Crippen molar-refractivity contribution < 1.29 is 18.3 Å². The fourth-order valence-corrected chi connectivity index (χ4v) is 2.13. The summed E-state index contributed by atoms with van der Waals surface area (Å²) in [6, 6.07) is 7.60. The molecule has 1 N–H and O–H groups in total. The molecular weight excluding hydrogens is 265 g/mol. The Bertz CT molecular complexity index is 611. The number of aryl methyl sites for hydroxylation is 1. The summed E-state index contributed by atoms with van der Waals surface area (Å²) in [6.07, 6.45) is -0.571. The molecule has 106 valence electrons. The summed E-state index contributed by atoms with van der Waals surface area (Å²) in [6.45, 7) is 1.82. The first-order valence-electron chi connectivity index (χ1n) is 6.32. The van der Waals surface area contributed by atoms with Gasteiger partial charge >= 0.3 is 0 Å². The predicted octanol–water partition coefficient (Wildman–Crippen LogP) is 3.56. The highest BCUT2D eigenvalue weighted by Crippen LogP contribution is 2.16. The molecule has 2 aromatic rings. The third-order valence-electron chi connectivity index (χ3n) is 3.24. The fourth-order valence-electron chi connectivity index (χ4n) is 2.13. The topological polar surface area (TPSA) is 20.2 Å². The summed E-state index contributed by atoms with van der Waals surface area (Å²) in [7, 11) is 0. The Morgan fingerprint density at radius 2 is 1.50 bits per heavy atom. The molecule has 0 saturated heterocycles. The second-order valence-electron chi connectivity index (χ2n) is 4.87. The van der Waals surface area contributed by atoms with Crippen LogP contribution in [-0.4, -0.2) is 11.2 Å². The first-order valence-corrected chi connectivity index (χ1v) is 6.32. The quantitative estimate of drug-likeness (QED) is 0.908. The average Bonchev–Trinajstić information content (AvgIpc) is 2.37. The van der Waals surface area contributed by atoms with Gasteiger partial charge in [0.2, 0.25) is 0 Å². The minimum atomic E-state index is -0.851. The van der Waals surface area contributed by atoms with Gasteiger partial charge in [-0.25, -0.2) is 13.2 Å². The minimum Gasteiger partial charge on any atom is -0.392 e. The lowest BCUT2D eigenvalue weighted by Crippen LogP contribution is -2.15. The van der Waals surface area contributed by atoms with E-state index in [2.05, 4.69) is 0 Å². The average molecular weight is 280 g/mol. The van der Waals surface area contributed by atoms with Crippen molar-refractivity contribution >= 4 is 0 Å². The summed E-state index contributed by atoms with van der Waals surface area (Å²) in [5.41, 5.74) is 1.79. The zero-order chi connectivity index (χ0) is 14.7. The zero-order valence-electron chi connectivity index (χ0n) is 11.0. The smallest absolute Gasteiger partial charge is 0.129 e. The van der Waals surface area contributed by atoms with Gasteiger partial charge in [0.15, 0.2) is 0 Å². The van der Waals surface area contributed by atoms with Crippen LogP contribution in [0.1, 0.15) is 16.7 Å². The summed E-state index contributed by atoms with van der Waals surface area (Å²) >= 11 is 0. The van der Waals surface area contributed by atoms with Gasteiger partial charge in [0, 0.05) is 12.5 Å². The molecule has 1 nitrogen and oxygen atoms in total. The van der Waals surface area contributed by atoms with Crippen molar-refractivity contribution in [2.45, 2.75) is 25.9 Å². The molecule has 0 spiro atoms. The molecule has 0 saturated carbocycles. The van der Waals surface area contributed by atoms with E-state index in [0.29, 0.717) is 5.56 Å². The highest BCUT2D eigenvalue weighted by atomic mass is 19.1. The number of hydrogen-bond acceptors (Lipinski definition) is 1. The predicted molar refractivity (Wildman–Crippen MR) is 70.9 cm³/mol. The summed E-state index contributed by atoms with van der Waals surface area (Å²) < 4.78 is 39.4. The lowest BCUT2D eigenvalue weighted by Gasteiger charge is -2.13. The molecule has 0 aliphatic carbocycles. The molecular formula is C16H15F3O. The second kappa shape index (κ2) is 6.09. The van der Waals surface area contributed by atoms with Gasteiger partial charge < -0.3 is 5.11 Å². The molecule has 4 heteroatoms. The van der Waals surface area contributed by atoms with E-state index < -0.39 is 17.7 Å². The molecule has 1 atom stereocenters. The maximum absolute atomic E-state index is 13.5. The van der Waals surface area contributed by atoms with Crippen LogP contribution in [0.3, 0.4) is 0 Å². The Hall–Kier alpha value is -1.81. The van der Waals surface area contributed by atoms with Crippen molar-refractivity contribution in [3.05, 3.63) is 70.5 Å². The van der Waals surface area contributed by atoms with Crippen molar-refractivity contribution in [1.82, 2.24) is 0 Å². The molecule has 1 unspecified atom stereocenters. The monoisotopic (exact) mass is 280 g/mol. The highest BCUT2D eigenvalue weighted by Gasteiger charge is 2.12. The standard InChI is InChI=1S/C16H15F3O/c1-10-2-4-13(17)6-12(10)8-15(20)7-11-3-5-14(18)9-16(11)19/h2-6,9,15,20H,7-8H2,1H3. The van der Waals surface area contributed by atoms with E-state index in [1.165, 1.54) is 18.2 Å². The van der Waals surface area contributed by atoms with Crippen LogP contribution < -0.4 is 0 Å². The molecule has 0 aromatic heterocycles. The van der Waals surface area contributed by atoms with E-state index in [1.807, 2.05) is 6.92 Å². The molecule has 20 heavy (non-hydrogen) atoms. The zero-order valence-corrected chi connectivity index (χ0v) is 11.0. The molecule has 0 amide bonds. The van der Waals surface area contributed by atoms with Crippen LogP contribution in [0.15, 0.2) is 36.4 Å². The van der Waals surface area contributed by atoms with Crippen molar-refractivity contribution in [1.29, 1.82) is 0 Å². The second-order valence-corrected chi connectivity index (χ2v) is 4.87. The Kier molecular flexibility index (Phi) is 4.45. The Balaban J connectivity index is 2.08. The number of benzene rings is 2. The van der Waals surface area contributed by atoms with E-state index in [9.17, 15) is 18.3 Å². The maximum Gasteiger partial charge on any atom is 0.129 e. The first kappa shape index (κ1) is 14.6. The molecule has 2 rings (SSSR count). The normalized spacial score (nSPS) is 12.4. The van der Waals surface area contributed by atoms with Gasteiger partial charge in [-0.2, -0.15) is 0 Å². The van der Waals surface area contributed by atoms with Crippen LogP contribution in [0, 0.1) is 24.4 Å². The van der Waals surface area contributed by atoms with E-state index in [4.69, 9.17) is 0 Å².